The number of amides is 1. The van der Waals surface area contributed by atoms with Crippen LogP contribution in [-0.2, 0) is 9.53 Å². The molecule has 1 aromatic rings. The van der Waals surface area contributed by atoms with Crippen molar-refractivity contribution in [3.63, 3.8) is 0 Å². The number of methoxy groups -OCH3 is 1. The molecule has 0 fully saturated rings. The van der Waals surface area contributed by atoms with Crippen LogP contribution in [0.4, 0.5) is 14.5 Å². The van der Waals surface area contributed by atoms with Gasteiger partial charge in [0.05, 0.1) is 12.7 Å². The summed E-state index contributed by atoms with van der Waals surface area (Å²) in [4.78, 5) is 23.5. The first-order valence-corrected chi connectivity index (χ1v) is 5.91. The van der Waals surface area contributed by atoms with Gasteiger partial charge in [0, 0.05) is 11.8 Å². The smallest absolute Gasteiger partial charge is 0.328 e. The van der Waals surface area contributed by atoms with Gasteiger partial charge in [0.25, 0.3) is 5.91 Å². The van der Waals surface area contributed by atoms with E-state index in [1.54, 1.807) is 13.8 Å². The van der Waals surface area contributed by atoms with Crippen LogP contribution in [0.15, 0.2) is 12.1 Å². The van der Waals surface area contributed by atoms with Gasteiger partial charge in [0.15, 0.2) is 11.6 Å². The van der Waals surface area contributed by atoms with Crippen LogP contribution in [0.25, 0.3) is 0 Å². The maximum absolute atomic E-state index is 13.1. The second kappa shape index (κ2) is 6.31. The summed E-state index contributed by atoms with van der Waals surface area (Å²) < 4.78 is 30.6. The Balaban J connectivity index is 3.01. The fraction of sp³-hybridized carbons (Fsp3) is 0.385. The molecule has 0 spiro atoms. The molecule has 7 heteroatoms. The SMILES string of the molecule is COC(=O)C(NC(=O)c1cc(F)c(F)cc1N)C(C)C. The molecule has 1 unspecified atom stereocenters. The number of nitrogens with two attached hydrogens (primary N) is 1. The second-order valence-electron chi connectivity index (χ2n) is 4.57. The number of rotatable bonds is 4. The number of carbonyl (C=O) groups excluding carboxylic acids is 2. The third kappa shape index (κ3) is 3.43. The molecular formula is C13H16F2N2O3. The molecule has 0 bridgehead atoms. The molecule has 20 heavy (non-hydrogen) atoms. The lowest BCUT2D eigenvalue weighted by molar-refractivity contribution is -0.144. The summed E-state index contributed by atoms with van der Waals surface area (Å²) in [5.41, 5.74) is 5.02. The average molecular weight is 286 g/mol. The van der Waals surface area contributed by atoms with Gasteiger partial charge >= 0.3 is 5.97 Å². The largest absolute Gasteiger partial charge is 0.467 e. The molecule has 1 rings (SSSR count). The summed E-state index contributed by atoms with van der Waals surface area (Å²) in [7, 11) is 1.19. The summed E-state index contributed by atoms with van der Waals surface area (Å²) in [6.45, 7) is 3.41. The van der Waals surface area contributed by atoms with Gasteiger partial charge in [0.1, 0.15) is 6.04 Å². The Morgan fingerprint density at radius 1 is 1.25 bits per heavy atom. The molecular weight excluding hydrogens is 270 g/mol. The fourth-order valence-electron chi connectivity index (χ4n) is 1.60. The first-order chi connectivity index (χ1) is 9.27. The number of benzene rings is 1. The number of nitrogens with one attached hydrogen (secondary N) is 1. The van der Waals surface area contributed by atoms with E-state index in [1.807, 2.05) is 0 Å². The maximum atomic E-state index is 13.1. The van der Waals surface area contributed by atoms with E-state index in [4.69, 9.17) is 5.73 Å². The minimum Gasteiger partial charge on any atom is -0.467 e. The summed E-state index contributed by atoms with van der Waals surface area (Å²) in [6.07, 6.45) is 0. The highest BCUT2D eigenvalue weighted by Gasteiger charge is 2.26. The highest BCUT2D eigenvalue weighted by atomic mass is 19.2. The van der Waals surface area contributed by atoms with Crippen molar-refractivity contribution in [2.75, 3.05) is 12.8 Å². The van der Waals surface area contributed by atoms with Crippen LogP contribution < -0.4 is 11.1 Å². The lowest BCUT2D eigenvalue weighted by Gasteiger charge is -2.20. The number of anilines is 1. The molecule has 0 aliphatic carbocycles. The Morgan fingerprint density at radius 3 is 2.30 bits per heavy atom. The molecule has 0 radical (unpaired) electrons. The van der Waals surface area contributed by atoms with Gasteiger partial charge in [-0.15, -0.1) is 0 Å². The van der Waals surface area contributed by atoms with Gasteiger partial charge in [-0.2, -0.15) is 0 Å². The number of hydrogen-bond acceptors (Lipinski definition) is 4. The Kier molecular flexibility index (Phi) is 5.01. The van der Waals surface area contributed by atoms with Crippen LogP contribution >= 0.6 is 0 Å². The number of esters is 1. The Bertz CT molecular complexity index is 533. The molecule has 0 heterocycles. The quantitative estimate of drug-likeness (QED) is 0.649. The molecule has 3 N–H and O–H groups in total. The topological polar surface area (TPSA) is 81.4 Å². The normalized spacial score (nSPS) is 12.1. The molecule has 0 saturated heterocycles. The first-order valence-electron chi connectivity index (χ1n) is 5.91. The molecule has 1 atom stereocenters. The fourth-order valence-corrected chi connectivity index (χ4v) is 1.60. The van der Waals surface area contributed by atoms with Gasteiger partial charge in [-0.1, -0.05) is 13.8 Å². The van der Waals surface area contributed by atoms with Gasteiger partial charge in [-0.25, -0.2) is 13.6 Å². The third-order valence-corrected chi connectivity index (χ3v) is 2.75. The van der Waals surface area contributed by atoms with Gasteiger partial charge in [-0.3, -0.25) is 4.79 Å². The van der Waals surface area contributed by atoms with Crippen molar-refractivity contribution in [1.82, 2.24) is 5.32 Å². The summed E-state index contributed by atoms with van der Waals surface area (Å²) >= 11 is 0. The summed E-state index contributed by atoms with van der Waals surface area (Å²) in [5, 5.41) is 2.39. The highest BCUT2D eigenvalue weighted by Crippen LogP contribution is 2.17. The second-order valence-corrected chi connectivity index (χ2v) is 4.57. The van der Waals surface area contributed by atoms with E-state index in [0.717, 1.165) is 0 Å². The maximum Gasteiger partial charge on any atom is 0.328 e. The standard InChI is InChI=1S/C13H16F2N2O3/c1-6(2)11(13(19)20-3)17-12(18)7-4-8(14)9(15)5-10(7)16/h4-6,11H,16H2,1-3H3,(H,17,18). The Hall–Kier alpha value is -2.18. The molecule has 0 aliphatic heterocycles. The van der Waals surface area contributed by atoms with Gasteiger partial charge in [0.2, 0.25) is 0 Å². The molecule has 0 aromatic heterocycles. The van der Waals surface area contributed by atoms with Crippen molar-refractivity contribution in [3.05, 3.63) is 29.3 Å². The van der Waals surface area contributed by atoms with Crippen molar-refractivity contribution in [3.8, 4) is 0 Å². The van der Waals surface area contributed by atoms with Gasteiger partial charge < -0.3 is 15.8 Å². The number of nitrogen functional groups attached to an aromatic ring is 1. The van der Waals surface area contributed by atoms with E-state index in [9.17, 15) is 18.4 Å². The Labute approximate surface area is 115 Å². The predicted octanol–water partition coefficient (Wildman–Crippen LogP) is 1.47. The zero-order valence-corrected chi connectivity index (χ0v) is 11.4. The highest BCUT2D eigenvalue weighted by molar-refractivity contribution is 6.01. The zero-order valence-electron chi connectivity index (χ0n) is 11.4. The third-order valence-electron chi connectivity index (χ3n) is 2.75. The van der Waals surface area contributed by atoms with Crippen molar-refractivity contribution < 1.29 is 23.1 Å². The number of ether oxygens (including phenoxy) is 1. The van der Waals surface area contributed by atoms with E-state index in [2.05, 4.69) is 10.1 Å². The zero-order chi connectivity index (χ0) is 15.4. The molecule has 5 nitrogen and oxygen atoms in total. The molecule has 110 valence electrons. The molecule has 0 saturated carbocycles. The van der Waals surface area contributed by atoms with E-state index < -0.39 is 29.6 Å². The summed E-state index contributed by atoms with van der Waals surface area (Å²) in [6, 6.07) is 0.501. The van der Waals surface area contributed by atoms with E-state index in [-0.39, 0.29) is 17.2 Å². The molecule has 1 amide bonds. The van der Waals surface area contributed by atoms with Crippen LogP contribution in [-0.4, -0.2) is 25.0 Å². The van der Waals surface area contributed by atoms with Crippen LogP contribution in [0.1, 0.15) is 24.2 Å². The average Bonchev–Trinajstić information content (AvgIpc) is 2.38. The van der Waals surface area contributed by atoms with Crippen molar-refractivity contribution in [2.45, 2.75) is 19.9 Å². The predicted molar refractivity (Wildman–Crippen MR) is 68.9 cm³/mol. The minimum atomic E-state index is -1.19. The van der Waals surface area contributed by atoms with Crippen molar-refractivity contribution in [2.24, 2.45) is 5.92 Å². The molecule has 1 aromatic carbocycles. The number of hydrogen-bond donors (Lipinski definition) is 2. The number of halogens is 2. The lowest BCUT2D eigenvalue weighted by Crippen LogP contribution is -2.45. The van der Waals surface area contributed by atoms with E-state index >= 15 is 0 Å². The van der Waals surface area contributed by atoms with Crippen LogP contribution in [0, 0.1) is 17.6 Å². The van der Waals surface area contributed by atoms with Crippen LogP contribution in [0.5, 0.6) is 0 Å². The first kappa shape index (κ1) is 15.9. The monoisotopic (exact) mass is 286 g/mol. The molecule has 0 aliphatic rings. The Morgan fingerprint density at radius 2 is 1.80 bits per heavy atom. The van der Waals surface area contributed by atoms with Gasteiger partial charge in [-0.05, 0) is 12.0 Å². The summed E-state index contributed by atoms with van der Waals surface area (Å²) in [5.74, 6) is -3.98. The van der Waals surface area contributed by atoms with Crippen molar-refractivity contribution in [1.29, 1.82) is 0 Å². The van der Waals surface area contributed by atoms with E-state index in [1.165, 1.54) is 7.11 Å². The van der Waals surface area contributed by atoms with Crippen LogP contribution in [0.2, 0.25) is 0 Å². The van der Waals surface area contributed by atoms with Crippen LogP contribution in [0.3, 0.4) is 0 Å². The number of carbonyl (C=O) groups is 2. The minimum absolute atomic E-state index is 0.214. The lowest BCUT2D eigenvalue weighted by atomic mass is 10.0. The van der Waals surface area contributed by atoms with Crippen molar-refractivity contribution >= 4 is 17.6 Å². The van der Waals surface area contributed by atoms with E-state index in [0.29, 0.717) is 12.1 Å².